The van der Waals surface area contributed by atoms with E-state index < -0.39 is 5.92 Å². The molecule has 0 aliphatic rings. The molecule has 0 aliphatic carbocycles. The number of ether oxygens (including phenoxy) is 1. The van der Waals surface area contributed by atoms with E-state index in [-0.39, 0.29) is 18.4 Å². The van der Waals surface area contributed by atoms with Crippen molar-refractivity contribution in [2.24, 2.45) is 13.0 Å². The molecule has 158 valence electrons. The molecule has 1 N–H and O–H groups in total. The second kappa shape index (κ2) is 9.09. The van der Waals surface area contributed by atoms with E-state index in [0.717, 1.165) is 26.9 Å². The Labute approximate surface area is 183 Å². The van der Waals surface area contributed by atoms with Gasteiger partial charge in [0.2, 0.25) is 0 Å². The molecule has 7 nitrogen and oxygen atoms in total. The maximum Gasteiger partial charge on any atom is 0.310 e. The van der Waals surface area contributed by atoms with Crippen LogP contribution in [0, 0.1) is 5.92 Å². The van der Waals surface area contributed by atoms with Gasteiger partial charge in [-0.15, -0.1) is 11.3 Å². The van der Waals surface area contributed by atoms with Crippen LogP contribution in [0.25, 0.3) is 21.3 Å². The van der Waals surface area contributed by atoms with Crippen LogP contribution in [-0.2, 0) is 23.0 Å². The van der Waals surface area contributed by atoms with Crippen molar-refractivity contribution in [1.29, 1.82) is 0 Å². The number of rotatable bonds is 7. The third-order valence-corrected chi connectivity index (χ3v) is 5.92. The highest BCUT2D eigenvalue weighted by Crippen LogP contribution is 2.23. The number of methoxy groups -OCH3 is 1. The van der Waals surface area contributed by atoms with Crippen molar-refractivity contribution in [3.05, 3.63) is 71.5 Å². The summed E-state index contributed by atoms with van der Waals surface area (Å²) in [5.41, 5.74) is 2.18. The Kier molecular flexibility index (Phi) is 6.08. The fraction of sp³-hybridized carbons (Fsp3) is 0.217. The van der Waals surface area contributed by atoms with E-state index in [2.05, 4.69) is 21.5 Å². The van der Waals surface area contributed by atoms with Gasteiger partial charge < -0.3 is 10.1 Å². The molecule has 0 spiro atoms. The largest absolute Gasteiger partial charge is 0.469 e. The molecule has 1 atom stereocenters. The van der Waals surface area contributed by atoms with Crippen molar-refractivity contribution in [2.45, 2.75) is 6.42 Å². The molecular weight excluding hydrogens is 412 g/mol. The lowest BCUT2D eigenvalue weighted by atomic mass is 9.97. The minimum Gasteiger partial charge on any atom is -0.469 e. The quantitative estimate of drug-likeness (QED) is 0.450. The SMILES string of the molecule is COC(=O)C(CNC(=O)c1csc(-c2cnn(C)c2)n1)Cc1ccc2ccccc2c1. The lowest BCUT2D eigenvalue weighted by Gasteiger charge is -2.15. The maximum atomic E-state index is 12.6. The maximum absolute atomic E-state index is 12.6. The minimum absolute atomic E-state index is 0.165. The second-order valence-electron chi connectivity index (χ2n) is 7.26. The standard InChI is InChI=1S/C23H22N4O3S/c1-27-13-19(12-25-27)22-26-20(14-31-22)21(28)24-11-18(23(29)30-2)10-15-7-8-16-5-3-4-6-17(16)9-15/h3-9,12-14,18H,10-11H2,1-2H3,(H,24,28). The van der Waals surface area contributed by atoms with Gasteiger partial charge in [0.25, 0.3) is 5.91 Å². The zero-order chi connectivity index (χ0) is 21.8. The molecule has 0 aliphatic heterocycles. The summed E-state index contributed by atoms with van der Waals surface area (Å²) >= 11 is 1.38. The molecule has 0 bridgehead atoms. The lowest BCUT2D eigenvalue weighted by Crippen LogP contribution is -2.34. The number of nitrogens with zero attached hydrogens (tertiary/aromatic N) is 3. The van der Waals surface area contributed by atoms with Crippen LogP contribution in [0.4, 0.5) is 0 Å². The van der Waals surface area contributed by atoms with E-state index in [1.54, 1.807) is 16.3 Å². The van der Waals surface area contributed by atoms with E-state index in [4.69, 9.17) is 4.74 Å². The third-order valence-electron chi connectivity index (χ3n) is 5.03. The summed E-state index contributed by atoms with van der Waals surface area (Å²) in [4.78, 5) is 29.3. The molecule has 0 saturated heterocycles. The highest BCUT2D eigenvalue weighted by atomic mass is 32.1. The van der Waals surface area contributed by atoms with Crippen molar-refractivity contribution < 1.29 is 14.3 Å². The van der Waals surface area contributed by atoms with E-state index in [1.165, 1.54) is 18.4 Å². The summed E-state index contributed by atoms with van der Waals surface area (Å²) < 4.78 is 6.65. The lowest BCUT2D eigenvalue weighted by molar-refractivity contribution is -0.145. The topological polar surface area (TPSA) is 86.1 Å². The number of amides is 1. The molecule has 4 aromatic rings. The summed E-state index contributed by atoms with van der Waals surface area (Å²) in [6.45, 7) is 0.165. The molecule has 2 heterocycles. The number of hydrogen-bond acceptors (Lipinski definition) is 6. The third kappa shape index (κ3) is 4.80. The molecule has 1 unspecified atom stereocenters. The number of carbonyl (C=O) groups is 2. The fourth-order valence-electron chi connectivity index (χ4n) is 3.40. The average molecular weight is 435 g/mol. The predicted molar refractivity (Wildman–Crippen MR) is 120 cm³/mol. The number of thiazole rings is 1. The van der Waals surface area contributed by atoms with Crippen LogP contribution in [0.3, 0.4) is 0 Å². The molecule has 2 aromatic carbocycles. The van der Waals surface area contributed by atoms with E-state index in [9.17, 15) is 9.59 Å². The number of aryl methyl sites for hydroxylation is 1. The van der Waals surface area contributed by atoms with Crippen LogP contribution >= 0.6 is 11.3 Å². The first-order chi connectivity index (χ1) is 15.0. The highest BCUT2D eigenvalue weighted by molar-refractivity contribution is 7.13. The van der Waals surface area contributed by atoms with Crippen molar-refractivity contribution in [3.63, 3.8) is 0 Å². The zero-order valence-electron chi connectivity index (χ0n) is 17.2. The smallest absolute Gasteiger partial charge is 0.310 e. The number of esters is 1. The Morgan fingerprint density at radius 1 is 1.19 bits per heavy atom. The average Bonchev–Trinajstić information content (AvgIpc) is 3.45. The molecule has 0 fully saturated rings. The predicted octanol–water partition coefficient (Wildman–Crippen LogP) is 3.46. The van der Waals surface area contributed by atoms with E-state index in [0.29, 0.717) is 12.1 Å². The van der Waals surface area contributed by atoms with E-state index in [1.807, 2.05) is 49.6 Å². The molecule has 0 radical (unpaired) electrons. The second-order valence-corrected chi connectivity index (χ2v) is 8.11. The van der Waals surface area contributed by atoms with Gasteiger partial charge in [-0.05, 0) is 22.8 Å². The van der Waals surface area contributed by atoms with Gasteiger partial charge in [-0.3, -0.25) is 14.3 Å². The number of fused-ring (bicyclic) bond motifs is 1. The van der Waals surface area contributed by atoms with Gasteiger partial charge in [-0.1, -0.05) is 42.5 Å². The Bertz CT molecular complexity index is 1230. The van der Waals surface area contributed by atoms with Gasteiger partial charge in [0.05, 0.1) is 19.2 Å². The van der Waals surface area contributed by atoms with Crippen molar-refractivity contribution >= 4 is 34.0 Å². The van der Waals surface area contributed by atoms with Crippen LogP contribution in [0.15, 0.2) is 60.2 Å². The molecule has 1 amide bonds. The van der Waals surface area contributed by atoms with Crippen LogP contribution in [0.5, 0.6) is 0 Å². The number of benzene rings is 2. The molecular formula is C23H22N4O3S. The first-order valence-electron chi connectivity index (χ1n) is 9.81. The number of hydrogen-bond donors (Lipinski definition) is 1. The number of carbonyl (C=O) groups excluding carboxylic acids is 2. The van der Waals surface area contributed by atoms with Gasteiger partial charge in [-0.2, -0.15) is 5.10 Å². The highest BCUT2D eigenvalue weighted by Gasteiger charge is 2.22. The number of aromatic nitrogens is 3. The van der Waals surface area contributed by atoms with Gasteiger partial charge in [0.1, 0.15) is 10.7 Å². The Hall–Kier alpha value is -3.52. The monoisotopic (exact) mass is 434 g/mol. The Morgan fingerprint density at radius 3 is 2.74 bits per heavy atom. The first kappa shape index (κ1) is 20.7. The fourth-order valence-corrected chi connectivity index (χ4v) is 4.18. The summed E-state index contributed by atoms with van der Waals surface area (Å²) in [5, 5.41) is 11.6. The van der Waals surface area contributed by atoms with Gasteiger partial charge in [0.15, 0.2) is 0 Å². The van der Waals surface area contributed by atoms with Gasteiger partial charge in [0, 0.05) is 30.7 Å². The molecule has 4 rings (SSSR count). The molecule has 31 heavy (non-hydrogen) atoms. The summed E-state index contributed by atoms with van der Waals surface area (Å²) in [5.74, 6) is -1.17. The van der Waals surface area contributed by atoms with Crippen molar-refractivity contribution in [1.82, 2.24) is 20.1 Å². The Morgan fingerprint density at radius 2 is 2.00 bits per heavy atom. The summed E-state index contributed by atoms with van der Waals surface area (Å²) in [6.07, 6.45) is 4.02. The van der Waals surface area contributed by atoms with Crippen molar-refractivity contribution in [3.8, 4) is 10.6 Å². The van der Waals surface area contributed by atoms with Crippen LogP contribution < -0.4 is 5.32 Å². The first-order valence-corrected chi connectivity index (χ1v) is 10.7. The van der Waals surface area contributed by atoms with E-state index >= 15 is 0 Å². The van der Waals surface area contributed by atoms with Crippen LogP contribution in [0.2, 0.25) is 0 Å². The molecule has 8 heteroatoms. The molecule has 2 aromatic heterocycles. The summed E-state index contributed by atoms with van der Waals surface area (Å²) in [7, 11) is 3.19. The normalized spacial score (nSPS) is 11.9. The van der Waals surface area contributed by atoms with Crippen LogP contribution in [0.1, 0.15) is 16.1 Å². The Balaban J connectivity index is 1.43. The summed E-state index contributed by atoms with van der Waals surface area (Å²) in [6, 6.07) is 14.2. The minimum atomic E-state index is -0.494. The van der Waals surface area contributed by atoms with Gasteiger partial charge >= 0.3 is 5.97 Å². The zero-order valence-corrected chi connectivity index (χ0v) is 18.1. The van der Waals surface area contributed by atoms with Gasteiger partial charge in [-0.25, -0.2) is 4.98 Å². The van der Waals surface area contributed by atoms with Crippen LogP contribution in [-0.4, -0.2) is 40.3 Å². The molecule has 0 saturated carbocycles. The van der Waals surface area contributed by atoms with Crippen molar-refractivity contribution in [2.75, 3.05) is 13.7 Å². The number of nitrogens with one attached hydrogen (secondary N) is 1.